The number of nitrogens with one attached hydrogen (secondary N) is 1. The zero-order valence-electron chi connectivity index (χ0n) is 11.1. The molecule has 2 N–H and O–H groups in total. The van der Waals surface area contributed by atoms with Crippen molar-refractivity contribution in [1.82, 2.24) is 10.3 Å². The van der Waals surface area contributed by atoms with Crippen LogP contribution in [0.25, 0.3) is 0 Å². The number of aliphatic hydroxyl groups is 1. The van der Waals surface area contributed by atoms with Gasteiger partial charge in [-0.05, 0) is 19.8 Å². The molecule has 1 heterocycles. The zero-order valence-corrected chi connectivity index (χ0v) is 11.9. The van der Waals surface area contributed by atoms with Crippen molar-refractivity contribution in [1.29, 1.82) is 0 Å². The van der Waals surface area contributed by atoms with Crippen LogP contribution in [0.2, 0.25) is 0 Å². The number of hydrogen-bond donors (Lipinski definition) is 2. The van der Waals surface area contributed by atoms with E-state index in [1.54, 1.807) is 11.3 Å². The number of thiazole rings is 1. The molecule has 0 atom stereocenters. The molecule has 0 unspecified atom stereocenters. The molecule has 0 fully saturated rings. The van der Waals surface area contributed by atoms with Crippen molar-refractivity contribution >= 4 is 11.3 Å². The summed E-state index contributed by atoms with van der Waals surface area (Å²) in [6.45, 7) is 8.41. The van der Waals surface area contributed by atoms with Crippen molar-refractivity contribution in [2.24, 2.45) is 5.41 Å². The summed E-state index contributed by atoms with van der Waals surface area (Å²) in [4.78, 5) is 4.43. The first kappa shape index (κ1) is 14.6. The zero-order chi connectivity index (χ0) is 12.7. The third-order valence-electron chi connectivity index (χ3n) is 3.52. The molecule has 0 aliphatic carbocycles. The Balaban J connectivity index is 2.27. The number of rotatable bonds is 8. The summed E-state index contributed by atoms with van der Waals surface area (Å²) >= 11 is 1.72. The molecule has 0 aromatic carbocycles. The molecule has 3 nitrogen and oxygen atoms in total. The van der Waals surface area contributed by atoms with E-state index in [0.29, 0.717) is 0 Å². The minimum absolute atomic E-state index is 0.0544. The molecule has 0 spiro atoms. The van der Waals surface area contributed by atoms with Crippen molar-refractivity contribution in [3.63, 3.8) is 0 Å². The van der Waals surface area contributed by atoms with E-state index in [1.165, 1.54) is 5.01 Å². The lowest BCUT2D eigenvalue weighted by Gasteiger charge is -2.29. The van der Waals surface area contributed by atoms with Gasteiger partial charge in [-0.3, -0.25) is 0 Å². The predicted molar refractivity (Wildman–Crippen MR) is 73.5 cm³/mol. The molecular weight excluding hydrogens is 232 g/mol. The van der Waals surface area contributed by atoms with Gasteiger partial charge < -0.3 is 10.4 Å². The van der Waals surface area contributed by atoms with E-state index in [2.05, 4.69) is 29.5 Å². The molecule has 4 heteroatoms. The normalized spacial score (nSPS) is 12.0. The van der Waals surface area contributed by atoms with Crippen molar-refractivity contribution in [3.8, 4) is 0 Å². The van der Waals surface area contributed by atoms with Crippen LogP contribution in [0, 0.1) is 12.3 Å². The molecule has 1 rings (SSSR count). The van der Waals surface area contributed by atoms with Crippen LogP contribution >= 0.6 is 11.3 Å². The number of nitrogens with zero attached hydrogens (tertiary/aromatic N) is 1. The van der Waals surface area contributed by atoms with E-state index in [-0.39, 0.29) is 12.0 Å². The summed E-state index contributed by atoms with van der Waals surface area (Å²) in [6.07, 6.45) is 3.01. The van der Waals surface area contributed by atoms with Crippen molar-refractivity contribution in [2.45, 2.75) is 40.0 Å². The molecular formula is C13H24N2OS. The second kappa shape index (κ2) is 7.09. The molecule has 1 aromatic heterocycles. The summed E-state index contributed by atoms with van der Waals surface area (Å²) in [6, 6.07) is 0. The van der Waals surface area contributed by atoms with Gasteiger partial charge in [0.25, 0.3) is 0 Å². The molecule has 17 heavy (non-hydrogen) atoms. The quantitative estimate of drug-likeness (QED) is 0.702. The average Bonchev–Trinajstić information content (AvgIpc) is 2.76. The summed E-state index contributed by atoms with van der Waals surface area (Å²) < 4.78 is 0. The lowest BCUT2D eigenvalue weighted by molar-refractivity contribution is 0.113. The monoisotopic (exact) mass is 256 g/mol. The van der Waals surface area contributed by atoms with Crippen LogP contribution in [0.5, 0.6) is 0 Å². The highest BCUT2D eigenvalue weighted by Crippen LogP contribution is 2.24. The van der Waals surface area contributed by atoms with Gasteiger partial charge in [-0.2, -0.15) is 0 Å². The van der Waals surface area contributed by atoms with Crippen molar-refractivity contribution in [2.75, 3.05) is 19.7 Å². The Hall–Kier alpha value is -0.450. The fourth-order valence-electron chi connectivity index (χ4n) is 1.85. The molecule has 0 amide bonds. The maximum absolute atomic E-state index is 9.45. The number of aryl methyl sites for hydroxylation is 1. The predicted octanol–water partition coefficient (Wildman–Crippen LogP) is 2.38. The second-order valence-electron chi connectivity index (χ2n) is 4.67. The molecule has 0 saturated carbocycles. The minimum atomic E-state index is 0.0544. The van der Waals surface area contributed by atoms with Crippen LogP contribution in [0.1, 0.15) is 37.4 Å². The average molecular weight is 256 g/mol. The molecule has 1 aromatic rings. The highest BCUT2D eigenvalue weighted by Gasteiger charge is 2.24. The second-order valence-corrected chi connectivity index (χ2v) is 5.62. The Kier molecular flexibility index (Phi) is 6.09. The summed E-state index contributed by atoms with van der Waals surface area (Å²) in [7, 11) is 0. The van der Waals surface area contributed by atoms with Crippen LogP contribution in [0.15, 0.2) is 5.38 Å². The van der Waals surface area contributed by atoms with E-state index in [1.807, 2.05) is 6.92 Å². The third-order valence-corrected chi connectivity index (χ3v) is 4.54. The lowest BCUT2D eigenvalue weighted by Crippen LogP contribution is -2.37. The van der Waals surface area contributed by atoms with Crippen LogP contribution in [0.4, 0.5) is 0 Å². The van der Waals surface area contributed by atoms with E-state index in [9.17, 15) is 5.11 Å². The summed E-state index contributed by atoms with van der Waals surface area (Å²) in [5.41, 5.74) is 1.16. The van der Waals surface area contributed by atoms with Gasteiger partial charge in [0.05, 0.1) is 5.01 Å². The fraction of sp³-hybridized carbons (Fsp3) is 0.769. The van der Waals surface area contributed by atoms with Gasteiger partial charge >= 0.3 is 0 Å². The van der Waals surface area contributed by atoms with Gasteiger partial charge in [-0.15, -0.1) is 11.3 Å². The van der Waals surface area contributed by atoms with Crippen LogP contribution in [0.3, 0.4) is 0 Å². The van der Waals surface area contributed by atoms with Crippen molar-refractivity contribution in [3.05, 3.63) is 16.1 Å². The van der Waals surface area contributed by atoms with Crippen LogP contribution in [-0.4, -0.2) is 29.8 Å². The maximum Gasteiger partial charge on any atom is 0.0940 e. The molecule has 0 aliphatic rings. The van der Waals surface area contributed by atoms with Gasteiger partial charge in [-0.25, -0.2) is 4.98 Å². The van der Waals surface area contributed by atoms with E-state index in [0.717, 1.165) is 38.0 Å². The first-order chi connectivity index (χ1) is 8.15. The molecule has 0 aliphatic heterocycles. The van der Waals surface area contributed by atoms with Gasteiger partial charge in [-0.1, -0.05) is 13.8 Å². The number of aliphatic hydroxyl groups excluding tert-OH is 1. The Morgan fingerprint density at radius 1 is 1.41 bits per heavy atom. The third kappa shape index (κ3) is 4.37. The highest BCUT2D eigenvalue weighted by molar-refractivity contribution is 7.09. The molecule has 98 valence electrons. The largest absolute Gasteiger partial charge is 0.396 e. The first-order valence-corrected chi connectivity index (χ1v) is 7.26. The first-order valence-electron chi connectivity index (χ1n) is 6.38. The summed E-state index contributed by atoms with van der Waals surface area (Å²) in [5, 5.41) is 16.2. The minimum Gasteiger partial charge on any atom is -0.396 e. The standard InChI is InChI=1S/C13H24N2OS/c1-4-13(5-2,10-16)9-14-7-6-12-15-11(3)8-17-12/h8,14,16H,4-7,9-10H2,1-3H3. The van der Waals surface area contributed by atoms with Crippen LogP contribution < -0.4 is 5.32 Å². The van der Waals surface area contributed by atoms with Crippen molar-refractivity contribution < 1.29 is 5.11 Å². The van der Waals surface area contributed by atoms with E-state index < -0.39 is 0 Å². The summed E-state index contributed by atoms with van der Waals surface area (Å²) in [5.74, 6) is 0. The Bertz CT molecular complexity index is 313. The Morgan fingerprint density at radius 2 is 2.12 bits per heavy atom. The number of hydrogen-bond acceptors (Lipinski definition) is 4. The lowest BCUT2D eigenvalue weighted by atomic mass is 9.83. The Morgan fingerprint density at radius 3 is 2.59 bits per heavy atom. The molecule has 0 bridgehead atoms. The number of aromatic nitrogens is 1. The van der Waals surface area contributed by atoms with E-state index >= 15 is 0 Å². The fourth-order valence-corrected chi connectivity index (χ4v) is 2.62. The van der Waals surface area contributed by atoms with Gasteiger partial charge in [0.15, 0.2) is 0 Å². The maximum atomic E-state index is 9.45. The van der Waals surface area contributed by atoms with Gasteiger partial charge in [0.2, 0.25) is 0 Å². The SMILES string of the molecule is CCC(CC)(CO)CNCCc1nc(C)cs1. The van der Waals surface area contributed by atoms with Gasteiger partial charge in [0.1, 0.15) is 0 Å². The van der Waals surface area contributed by atoms with Gasteiger partial charge in [0, 0.05) is 42.6 Å². The highest BCUT2D eigenvalue weighted by atomic mass is 32.1. The Labute approximate surface area is 108 Å². The topological polar surface area (TPSA) is 45.1 Å². The van der Waals surface area contributed by atoms with E-state index in [4.69, 9.17) is 0 Å². The smallest absolute Gasteiger partial charge is 0.0940 e. The van der Waals surface area contributed by atoms with Crippen LogP contribution in [-0.2, 0) is 6.42 Å². The molecule has 0 radical (unpaired) electrons. The molecule has 0 saturated heterocycles.